The summed E-state index contributed by atoms with van der Waals surface area (Å²) in [6.45, 7) is 8.96. The Morgan fingerprint density at radius 3 is 1.88 bits per heavy atom. The molecule has 10 heteroatoms. The lowest BCUT2D eigenvalue weighted by Crippen LogP contribution is -2.43. The summed E-state index contributed by atoms with van der Waals surface area (Å²) in [6, 6.07) is 0. The van der Waals surface area contributed by atoms with Crippen LogP contribution in [0.3, 0.4) is 0 Å². The normalized spacial score (nSPS) is 16.7. The van der Waals surface area contributed by atoms with E-state index in [1.165, 1.54) is 0 Å². The Hall–Kier alpha value is -1.88. The number of aliphatic carboxylic acids is 1. The summed E-state index contributed by atoms with van der Waals surface area (Å²) in [4.78, 5) is 52.7. The van der Waals surface area contributed by atoms with E-state index >= 15 is 0 Å². The van der Waals surface area contributed by atoms with Gasteiger partial charge < -0.3 is 15.2 Å². The van der Waals surface area contributed by atoms with E-state index in [2.05, 4.69) is 5.32 Å². The van der Waals surface area contributed by atoms with Crippen molar-refractivity contribution in [3.63, 3.8) is 0 Å². The molecule has 0 unspecified atom stereocenters. The summed E-state index contributed by atoms with van der Waals surface area (Å²) in [5.74, 6) is -0.678. The first-order valence-corrected chi connectivity index (χ1v) is 11.6. The van der Waals surface area contributed by atoms with E-state index in [0.717, 1.165) is 6.42 Å². The lowest BCUT2D eigenvalue weighted by molar-refractivity contribution is -0.138. The van der Waals surface area contributed by atoms with Crippen LogP contribution in [0.25, 0.3) is 0 Å². The molecule has 0 saturated carbocycles. The monoisotopic (exact) mass is 456 g/mol. The summed E-state index contributed by atoms with van der Waals surface area (Å²) >= 11 is 0. The van der Waals surface area contributed by atoms with Gasteiger partial charge in [-0.3, -0.25) is 33.9 Å². The molecule has 1 saturated heterocycles. The van der Waals surface area contributed by atoms with Gasteiger partial charge in [0.25, 0.3) is 0 Å². The second-order valence-corrected chi connectivity index (χ2v) is 8.12. The van der Waals surface area contributed by atoms with Crippen LogP contribution in [-0.2, 0) is 23.9 Å². The van der Waals surface area contributed by atoms with E-state index in [1.807, 2.05) is 28.5 Å². The summed E-state index contributed by atoms with van der Waals surface area (Å²) < 4.78 is 5.41. The number of ketones is 2. The van der Waals surface area contributed by atoms with Crippen LogP contribution in [0.15, 0.2) is 0 Å². The molecule has 184 valence electrons. The Morgan fingerprint density at radius 1 is 0.781 bits per heavy atom. The van der Waals surface area contributed by atoms with Gasteiger partial charge in [-0.25, -0.2) is 0 Å². The highest BCUT2D eigenvalue weighted by atomic mass is 16.5. The zero-order valence-electron chi connectivity index (χ0n) is 19.6. The maximum absolute atomic E-state index is 12.3. The Balaban J connectivity index is 2.45. The quantitative estimate of drug-likeness (QED) is 0.325. The Labute approximate surface area is 191 Å². The van der Waals surface area contributed by atoms with Crippen LogP contribution in [0.1, 0.15) is 39.5 Å². The highest BCUT2D eigenvalue weighted by Gasteiger charge is 2.20. The minimum Gasteiger partial charge on any atom is -0.480 e. The molecule has 1 heterocycles. The zero-order valence-corrected chi connectivity index (χ0v) is 19.6. The minimum absolute atomic E-state index is 0.0618. The van der Waals surface area contributed by atoms with Crippen molar-refractivity contribution in [1.29, 1.82) is 0 Å². The largest absolute Gasteiger partial charge is 0.480 e. The molecule has 0 atom stereocenters. The summed E-state index contributed by atoms with van der Waals surface area (Å²) in [5.41, 5.74) is 0. The van der Waals surface area contributed by atoms with Crippen LogP contribution in [0.4, 0.5) is 0 Å². The second kappa shape index (κ2) is 16.7. The maximum atomic E-state index is 12.3. The third-order valence-electron chi connectivity index (χ3n) is 5.34. The molecule has 0 aromatic carbocycles. The molecule has 32 heavy (non-hydrogen) atoms. The Morgan fingerprint density at radius 2 is 1.34 bits per heavy atom. The lowest BCUT2D eigenvalue weighted by Gasteiger charge is -2.24. The maximum Gasteiger partial charge on any atom is 0.317 e. The summed E-state index contributed by atoms with van der Waals surface area (Å²) in [5, 5.41) is 12.0. The van der Waals surface area contributed by atoms with E-state index in [9.17, 15) is 19.2 Å². The first-order valence-electron chi connectivity index (χ1n) is 11.6. The molecule has 1 aliphatic heterocycles. The third kappa shape index (κ3) is 13.5. The smallest absolute Gasteiger partial charge is 0.317 e. The predicted octanol–water partition coefficient (Wildman–Crippen LogP) is -0.138. The molecular weight excluding hydrogens is 416 g/mol. The molecule has 0 aliphatic carbocycles. The fraction of sp³-hybridized carbons (Fsp3) is 0.818. The summed E-state index contributed by atoms with van der Waals surface area (Å²) in [6.07, 6.45) is 2.28. The van der Waals surface area contributed by atoms with Crippen molar-refractivity contribution in [2.75, 3.05) is 78.7 Å². The van der Waals surface area contributed by atoms with Crippen LogP contribution in [0, 0.1) is 0 Å². The molecule has 1 fully saturated rings. The van der Waals surface area contributed by atoms with Gasteiger partial charge in [-0.15, -0.1) is 0 Å². The number of hydrogen-bond donors (Lipinski definition) is 2. The molecular formula is C22H40N4O6. The van der Waals surface area contributed by atoms with Crippen LogP contribution in [-0.4, -0.2) is 122 Å². The van der Waals surface area contributed by atoms with Crippen molar-refractivity contribution in [2.45, 2.75) is 39.5 Å². The molecule has 1 amide bonds. The number of rotatable bonds is 15. The van der Waals surface area contributed by atoms with Gasteiger partial charge in [0.15, 0.2) is 0 Å². The van der Waals surface area contributed by atoms with Crippen molar-refractivity contribution >= 4 is 23.4 Å². The molecule has 2 N–H and O–H groups in total. The third-order valence-corrected chi connectivity index (χ3v) is 5.34. The topological polar surface area (TPSA) is 119 Å². The van der Waals surface area contributed by atoms with Gasteiger partial charge in [-0.2, -0.15) is 0 Å². The van der Waals surface area contributed by atoms with Crippen LogP contribution < -0.4 is 5.32 Å². The highest BCUT2D eigenvalue weighted by molar-refractivity contribution is 5.80. The Kier molecular flexibility index (Phi) is 14.7. The van der Waals surface area contributed by atoms with Gasteiger partial charge in [-0.1, -0.05) is 13.8 Å². The number of amides is 1. The predicted molar refractivity (Wildman–Crippen MR) is 121 cm³/mol. The SMILES string of the molecule is CCCC(=O)CCOCCNC(=O)CN1CCN(CC(=O)O)CCN(CC(=O)CC)CC1. The number of Topliss-reactive ketones (excluding diaryl/α,β-unsaturated/α-hetero) is 2. The average molecular weight is 457 g/mol. The van der Waals surface area contributed by atoms with Gasteiger partial charge in [0.2, 0.25) is 5.91 Å². The second-order valence-electron chi connectivity index (χ2n) is 8.12. The van der Waals surface area contributed by atoms with Gasteiger partial charge in [0.1, 0.15) is 11.6 Å². The number of nitrogens with one attached hydrogen (secondary N) is 1. The molecule has 0 aromatic rings. The molecule has 1 aliphatic rings. The number of carboxylic acid groups (broad SMARTS) is 1. The highest BCUT2D eigenvalue weighted by Crippen LogP contribution is 2.02. The van der Waals surface area contributed by atoms with E-state index in [1.54, 1.807) is 0 Å². The van der Waals surface area contributed by atoms with E-state index < -0.39 is 5.97 Å². The summed E-state index contributed by atoms with van der Waals surface area (Å²) in [7, 11) is 0. The minimum atomic E-state index is -0.888. The number of hydrogen-bond acceptors (Lipinski definition) is 8. The number of carboxylic acids is 1. The molecule has 0 radical (unpaired) electrons. The van der Waals surface area contributed by atoms with Crippen LogP contribution in [0.2, 0.25) is 0 Å². The van der Waals surface area contributed by atoms with Crippen LogP contribution in [0.5, 0.6) is 0 Å². The van der Waals surface area contributed by atoms with Gasteiger partial charge >= 0.3 is 5.97 Å². The molecule has 1 rings (SSSR count). The fourth-order valence-electron chi connectivity index (χ4n) is 3.42. The van der Waals surface area contributed by atoms with E-state index in [-0.39, 0.29) is 30.6 Å². The Bertz CT molecular complexity index is 601. The van der Waals surface area contributed by atoms with Crippen molar-refractivity contribution in [2.24, 2.45) is 0 Å². The molecule has 0 bridgehead atoms. The van der Waals surface area contributed by atoms with Gasteiger partial charge in [-0.05, 0) is 6.42 Å². The molecule has 10 nitrogen and oxygen atoms in total. The molecule has 0 spiro atoms. The van der Waals surface area contributed by atoms with E-state index in [0.29, 0.717) is 84.8 Å². The fourth-order valence-corrected chi connectivity index (χ4v) is 3.42. The molecule has 0 aromatic heterocycles. The lowest BCUT2D eigenvalue weighted by atomic mass is 10.2. The van der Waals surface area contributed by atoms with Crippen LogP contribution >= 0.6 is 0 Å². The standard InChI is InChI=1S/C22H40N4O6/c1-3-5-20(28)6-14-32-15-7-23-21(29)17-25-10-8-24(16-19(27)4-2)9-12-26(13-11-25)18-22(30)31/h3-18H2,1-2H3,(H,23,29)(H,30,31). The number of carbonyl (C=O) groups excluding carboxylic acids is 3. The van der Waals surface area contributed by atoms with Crippen molar-refractivity contribution in [3.05, 3.63) is 0 Å². The number of nitrogens with zero attached hydrogens (tertiary/aromatic N) is 3. The number of carbonyl (C=O) groups is 4. The van der Waals surface area contributed by atoms with Crippen molar-refractivity contribution < 1.29 is 29.0 Å². The zero-order chi connectivity index (χ0) is 23.8. The first-order chi connectivity index (χ1) is 15.3. The number of ether oxygens (including phenoxy) is 1. The van der Waals surface area contributed by atoms with Crippen molar-refractivity contribution in [1.82, 2.24) is 20.0 Å². The first kappa shape index (κ1) is 28.2. The van der Waals surface area contributed by atoms with Crippen molar-refractivity contribution in [3.8, 4) is 0 Å². The average Bonchev–Trinajstić information content (AvgIpc) is 2.82. The van der Waals surface area contributed by atoms with E-state index in [4.69, 9.17) is 9.84 Å². The van der Waals surface area contributed by atoms with Gasteiger partial charge in [0.05, 0.1) is 32.8 Å². The van der Waals surface area contributed by atoms with Gasteiger partial charge in [0, 0.05) is 65.1 Å².